The van der Waals surface area contributed by atoms with E-state index < -0.39 is 10.0 Å². The van der Waals surface area contributed by atoms with Gasteiger partial charge in [-0.25, -0.2) is 0 Å². The van der Waals surface area contributed by atoms with Gasteiger partial charge in [0.2, 0.25) is 0 Å². The number of hydrogen-bond donors (Lipinski definition) is 1. The molecular formula is C14H12N2O2S. The molecule has 2 aromatic rings. The molecule has 0 spiro atoms. The van der Waals surface area contributed by atoms with Gasteiger partial charge in [-0.2, -0.15) is 8.42 Å². The highest BCUT2D eigenvalue weighted by Gasteiger charge is 2.28. The SMILES string of the molecule is Cc1cccc(NC2=NS(=O)(=O)c3ccccc32)c1. The molecule has 0 aliphatic carbocycles. The largest absolute Gasteiger partial charge is 0.339 e. The molecule has 0 saturated heterocycles. The van der Waals surface area contributed by atoms with Crippen LogP contribution in [0.25, 0.3) is 0 Å². The van der Waals surface area contributed by atoms with Gasteiger partial charge >= 0.3 is 0 Å². The first-order valence-corrected chi connectivity index (χ1v) is 7.28. The van der Waals surface area contributed by atoms with Crippen LogP contribution in [-0.2, 0) is 10.0 Å². The lowest BCUT2D eigenvalue weighted by atomic mass is 10.2. The summed E-state index contributed by atoms with van der Waals surface area (Å²) in [7, 11) is -3.56. The molecule has 0 atom stereocenters. The Kier molecular flexibility index (Phi) is 2.64. The Morgan fingerprint density at radius 3 is 2.63 bits per heavy atom. The molecule has 3 rings (SSSR count). The van der Waals surface area contributed by atoms with Gasteiger partial charge in [0.25, 0.3) is 10.0 Å². The third-order valence-electron chi connectivity index (χ3n) is 2.91. The Morgan fingerprint density at radius 2 is 1.84 bits per heavy atom. The minimum atomic E-state index is -3.56. The molecule has 1 heterocycles. The Hall–Kier alpha value is -2.14. The van der Waals surface area contributed by atoms with Crippen molar-refractivity contribution in [2.75, 3.05) is 5.32 Å². The number of hydrogen-bond acceptors (Lipinski definition) is 3. The fourth-order valence-electron chi connectivity index (χ4n) is 2.06. The van der Waals surface area contributed by atoms with Crippen molar-refractivity contribution in [1.82, 2.24) is 0 Å². The zero-order valence-corrected chi connectivity index (χ0v) is 11.1. The monoisotopic (exact) mass is 272 g/mol. The van der Waals surface area contributed by atoms with Crippen molar-refractivity contribution in [3.8, 4) is 0 Å². The van der Waals surface area contributed by atoms with E-state index in [-0.39, 0.29) is 4.90 Å². The van der Waals surface area contributed by atoms with Crippen molar-refractivity contribution in [3.05, 3.63) is 59.7 Å². The summed E-state index contributed by atoms with van der Waals surface area (Å²) in [6, 6.07) is 14.5. The number of sulfonamides is 1. The summed E-state index contributed by atoms with van der Waals surface area (Å²) in [5.41, 5.74) is 2.54. The third-order valence-corrected chi connectivity index (χ3v) is 4.25. The smallest absolute Gasteiger partial charge is 0.285 e. The van der Waals surface area contributed by atoms with Crippen LogP contribution in [0.4, 0.5) is 5.69 Å². The van der Waals surface area contributed by atoms with E-state index in [1.165, 1.54) is 0 Å². The van der Waals surface area contributed by atoms with E-state index in [0.717, 1.165) is 11.3 Å². The van der Waals surface area contributed by atoms with Crippen LogP contribution in [0, 0.1) is 6.92 Å². The predicted octanol–water partition coefficient (Wildman–Crippen LogP) is 2.56. The molecule has 19 heavy (non-hydrogen) atoms. The van der Waals surface area contributed by atoms with E-state index in [1.807, 2.05) is 31.2 Å². The zero-order valence-electron chi connectivity index (χ0n) is 10.3. The maximum absolute atomic E-state index is 11.9. The number of aryl methyl sites for hydroxylation is 1. The Labute approximate surface area is 111 Å². The zero-order chi connectivity index (χ0) is 13.5. The van der Waals surface area contributed by atoms with E-state index in [0.29, 0.717) is 11.4 Å². The Bertz CT molecular complexity index is 780. The summed E-state index contributed by atoms with van der Waals surface area (Å²) in [4.78, 5) is 0.255. The first kappa shape index (κ1) is 11.9. The van der Waals surface area contributed by atoms with Crippen LogP contribution in [-0.4, -0.2) is 14.3 Å². The molecule has 1 aliphatic heterocycles. The van der Waals surface area contributed by atoms with Crippen molar-refractivity contribution in [1.29, 1.82) is 0 Å². The maximum atomic E-state index is 11.9. The Balaban J connectivity index is 2.04. The summed E-state index contributed by atoms with van der Waals surface area (Å²) in [5, 5.41) is 3.06. The molecule has 0 unspecified atom stereocenters. The molecule has 96 valence electrons. The van der Waals surface area contributed by atoms with Crippen LogP contribution in [0.2, 0.25) is 0 Å². The summed E-state index contributed by atoms with van der Waals surface area (Å²) in [6.07, 6.45) is 0. The molecule has 4 nitrogen and oxygen atoms in total. The molecule has 2 aromatic carbocycles. The number of nitrogens with zero attached hydrogens (tertiary/aromatic N) is 1. The molecular weight excluding hydrogens is 260 g/mol. The third kappa shape index (κ3) is 2.13. The van der Waals surface area contributed by atoms with E-state index >= 15 is 0 Å². The highest BCUT2D eigenvalue weighted by molar-refractivity contribution is 7.90. The van der Waals surface area contributed by atoms with E-state index in [2.05, 4.69) is 9.71 Å². The van der Waals surface area contributed by atoms with E-state index in [4.69, 9.17) is 0 Å². The van der Waals surface area contributed by atoms with Gasteiger partial charge in [0.15, 0.2) is 5.84 Å². The molecule has 0 fully saturated rings. The average molecular weight is 272 g/mol. The molecule has 5 heteroatoms. The number of benzene rings is 2. The van der Waals surface area contributed by atoms with Gasteiger partial charge in [0.1, 0.15) is 4.90 Å². The van der Waals surface area contributed by atoms with Gasteiger partial charge < -0.3 is 5.32 Å². The van der Waals surface area contributed by atoms with Gasteiger partial charge in [-0.1, -0.05) is 24.3 Å². The first-order valence-electron chi connectivity index (χ1n) is 5.84. The quantitative estimate of drug-likeness (QED) is 0.868. The van der Waals surface area contributed by atoms with E-state index in [1.54, 1.807) is 24.3 Å². The van der Waals surface area contributed by atoms with Crippen LogP contribution in [0.5, 0.6) is 0 Å². The lowest BCUT2D eigenvalue weighted by Gasteiger charge is -2.06. The van der Waals surface area contributed by atoms with Crippen LogP contribution < -0.4 is 5.32 Å². The summed E-state index contributed by atoms with van der Waals surface area (Å²) in [5.74, 6) is 0.376. The van der Waals surface area contributed by atoms with Crippen molar-refractivity contribution < 1.29 is 8.42 Å². The second-order valence-electron chi connectivity index (χ2n) is 4.41. The molecule has 0 amide bonds. The van der Waals surface area contributed by atoms with Crippen molar-refractivity contribution in [2.24, 2.45) is 4.40 Å². The molecule has 0 bridgehead atoms. The lowest BCUT2D eigenvalue weighted by Crippen LogP contribution is -2.11. The number of fused-ring (bicyclic) bond motifs is 1. The first-order chi connectivity index (χ1) is 9.06. The van der Waals surface area contributed by atoms with Crippen LogP contribution in [0.1, 0.15) is 11.1 Å². The van der Waals surface area contributed by atoms with Crippen molar-refractivity contribution in [3.63, 3.8) is 0 Å². The lowest BCUT2D eigenvalue weighted by molar-refractivity contribution is 0.599. The van der Waals surface area contributed by atoms with Crippen LogP contribution >= 0.6 is 0 Å². The van der Waals surface area contributed by atoms with Gasteiger partial charge in [0.05, 0.1) is 0 Å². The van der Waals surface area contributed by atoms with Crippen LogP contribution in [0.15, 0.2) is 57.8 Å². The fraction of sp³-hybridized carbons (Fsp3) is 0.0714. The maximum Gasteiger partial charge on any atom is 0.285 e. The van der Waals surface area contributed by atoms with Crippen LogP contribution in [0.3, 0.4) is 0 Å². The number of rotatable bonds is 1. The second kappa shape index (κ2) is 4.20. The second-order valence-corrected chi connectivity index (χ2v) is 5.98. The molecule has 0 saturated carbocycles. The van der Waals surface area contributed by atoms with E-state index in [9.17, 15) is 8.42 Å². The average Bonchev–Trinajstić information content (AvgIpc) is 2.62. The summed E-state index contributed by atoms with van der Waals surface area (Å²) >= 11 is 0. The van der Waals surface area contributed by atoms with Gasteiger partial charge in [-0.3, -0.25) is 0 Å². The predicted molar refractivity (Wildman–Crippen MR) is 75.0 cm³/mol. The van der Waals surface area contributed by atoms with Gasteiger partial charge in [-0.15, -0.1) is 4.40 Å². The number of amidine groups is 1. The topological polar surface area (TPSA) is 58.5 Å². The van der Waals surface area contributed by atoms with Gasteiger partial charge in [0, 0.05) is 11.3 Å². The number of nitrogens with one attached hydrogen (secondary N) is 1. The minimum absolute atomic E-state index is 0.255. The van der Waals surface area contributed by atoms with Crippen molar-refractivity contribution >= 4 is 21.5 Å². The Morgan fingerprint density at radius 1 is 1.05 bits per heavy atom. The summed E-state index contributed by atoms with van der Waals surface area (Å²) < 4.78 is 27.6. The van der Waals surface area contributed by atoms with Gasteiger partial charge in [-0.05, 0) is 36.8 Å². The highest BCUT2D eigenvalue weighted by Crippen LogP contribution is 2.26. The minimum Gasteiger partial charge on any atom is -0.339 e. The normalized spacial score (nSPS) is 15.7. The fourth-order valence-corrected chi connectivity index (χ4v) is 3.23. The number of anilines is 1. The highest BCUT2D eigenvalue weighted by atomic mass is 32.2. The molecule has 1 aliphatic rings. The van der Waals surface area contributed by atoms with Crippen molar-refractivity contribution in [2.45, 2.75) is 11.8 Å². The molecule has 1 N–H and O–H groups in total. The standard InChI is InChI=1S/C14H12N2O2S/c1-10-5-4-6-11(9-10)15-14-12-7-2-3-8-13(12)19(17,18)16-14/h2-9H,1H3,(H,15,16). The molecule has 0 radical (unpaired) electrons. The molecule has 0 aromatic heterocycles. The summed E-state index contributed by atoms with van der Waals surface area (Å²) in [6.45, 7) is 1.98.